The first-order chi connectivity index (χ1) is 13.3. The highest BCUT2D eigenvalue weighted by molar-refractivity contribution is 5.67. The molecule has 0 radical (unpaired) electrons. The molecule has 1 aromatic heterocycles. The maximum atomic E-state index is 5.21. The Morgan fingerprint density at radius 3 is 2.41 bits per heavy atom. The van der Waals surface area contributed by atoms with Crippen molar-refractivity contribution >= 4 is 17.5 Å². The number of aromatic nitrogens is 2. The van der Waals surface area contributed by atoms with E-state index in [1.165, 1.54) is 0 Å². The Balaban J connectivity index is 1.84. The predicted octanol–water partition coefficient (Wildman–Crippen LogP) is 4.34. The molecule has 1 heterocycles. The number of benzene rings is 2. The van der Waals surface area contributed by atoms with Gasteiger partial charge in [0, 0.05) is 37.6 Å². The molecule has 0 unspecified atom stereocenters. The monoisotopic (exact) mass is 364 g/mol. The van der Waals surface area contributed by atoms with Crippen molar-refractivity contribution in [1.29, 1.82) is 0 Å². The predicted molar refractivity (Wildman–Crippen MR) is 109 cm³/mol. The van der Waals surface area contributed by atoms with Crippen molar-refractivity contribution in [2.24, 2.45) is 0 Å². The van der Waals surface area contributed by atoms with E-state index in [0.717, 1.165) is 41.5 Å². The van der Waals surface area contributed by atoms with E-state index < -0.39 is 0 Å². The summed E-state index contributed by atoms with van der Waals surface area (Å²) in [6.07, 6.45) is 0.886. The zero-order valence-corrected chi connectivity index (χ0v) is 15.6. The van der Waals surface area contributed by atoms with Crippen molar-refractivity contribution in [3.8, 4) is 17.0 Å². The summed E-state index contributed by atoms with van der Waals surface area (Å²) in [6, 6.07) is 19.7. The highest BCUT2D eigenvalue weighted by Crippen LogP contribution is 2.24. The van der Waals surface area contributed by atoms with E-state index >= 15 is 0 Å². The average Bonchev–Trinajstić information content (AvgIpc) is 2.72. The molecule has 0 aliphatic heterocycles. The largest absolute Gasteiger partial charge is 0.497 e. The Labute approximate surface area is 159 Å². The standard InChI is InChI=1S/C21H24N4O2/c1-26-14-6-13-22-21-24-19(16-7-4-3-5-8-16)15-20(25-21)23-17-9-11-18(27-2)12-10-17/h3-5,7-12,15H,6,13-14H2,1-2H3,(H2,22,23,24,25). The first kappa shape index (κ1) is 18.7. The Morgan fingerprint density at radius 2 is 1.70 bits per heavy atom. The average molecular weight is 364 g/mol. The first-order valence-electron chi connectivity index (χ1n) is 8.87. The number of hydrogen-bond donors (Lipinski definition) is 2. The number of methoxy groups -OCH3 is 2. The normalized spacial score (nSPS) is 10.4. The molecule has 0 fully saturated rings. The fourth-order valence-electron chi connectivity index (χ4n) is 2.59. The van der Waals surface area contributed by atoms with Crippen molar-refractivity contribution in [3.05, 3.63) is 60.7 Å². The smallest absolute Gasteiger partial charge is 0.225 e. The van der Waals surface area contributed by atoms with E-state index in [9.17, 15) is 0 Å². The lowest BCUT2D eigenvalue weighted by atomic mass is 10.1. The molecular weight excluding hydrogens is 340 g/mol. The number of rotatable bonds is 9. The van der Waals surface area contributed by atoms with Crippen LogP contribution < -0.4 is 15.4 Å². The van der Waals surface area contributed by atoms with Gasteiger partial charge in [0.2, 0.25) is 5.95 Å². The molecule has 0 spiro atoms. The highest BCUT2D eigenvalue weighted by atomic mass is 16.5. The van der Waals surface area contributed by atoms with Crippen LogP contribution in [0, 0.1) is 0 Å². The molecule has 0 atom stereocenters. The lowest BCUT2D eigenvalue weighted by Crippen LogP contribution is -2.09. The van der Waals surface area contributed by atoms with Gasteiger partial charge < -0.3 is 20.1 Å². The van der Waals surface area contributed by atoms with Crippen LogP contribution in [0.15, 0.2) is 60.7 Å². The third kappa shape index (κ3) is 5.43. The SMILES string of the molecule is COCCCNc1nc(Nc2ccc(OC)cc2)cc(-c2ccccc2)n1. The van der Waals surface area contributed by atoms with Gasteiger partial charge in [-0.3, -0.25) is 0 Å². The topological polar surface area (TPSA) is 68.3 Å². The summed E-state index contributed by atoms with van der Waals surface area (Å²) in [6.45, 7) is 1.44. The van der Waals surface area contributed by atoms with Crippen molar-refractivity contribution in [2.45, 2.75) is 6.42 Å². The number of hydrogen-bond acceptors (Lipinski definition) is 6. The molecule has 3 aromatic rings. The van der Waals surface area contributed by atoms with E-state index in [-0.39, 0.29) is 0 Å². The maximum Gasteiger partial charge on any atom is 0.225 e. The van der Waals surface area contributed by atoms with E-state index in [4.69, 9.17) is 9.47 Å². The quantitative estimate of drug-likeness (QED) is 0.550. The van der Waals surface area contributed by atoms with Gasteiger partial charge in [0.15, 0.2) is 0 Å². The molecule has 0 saturated carbocycles. The van der Waals surface area contributed by atoms with Gasteiger partial charge >= 0.3 is 0 Å². The van der Waals surface area contributed by atoms with Crippen molar-refractivity contribution in [2.75, 3.05) is 38.0 Å². The molecule has 0 aliphatic rings. The minimum Gasteiger partial charge on any atom is -0.497 e. The number of nitrogens with one attached hydrogen (secondary N) is 2. The van der Waals surface area contributed by atoms with Gasteiger partial charge in [-0.2, -0.15) is 4.98 Å². The van der Waals surface area contributed by atoms with Crippen LogP contribution in [0.3, 0.4) is 0 Å². The van der Waals surface area contributed by atoms with Gasteiger partial charge in [0.25, 0.3) is 0 Å². The van der Waals surface area contributed by atoms with Gasteiger partial charge in [-0.15, -0.1) is 0 Å². The molecule has 2 N–H and O–H groups in total. The summed E-state index contributed by atoms with van der Waals surface area (Å²) in [5, 5.41) is 6.61. The molecule has 3 rings (SSSR count). The summed E-state index contributed by atoms with van der Waals surface area (Å²) in [5.74, 6) is 2.13. The summed E-state index contributed by atoms with van der Waals surface area (Å²) < 4.78 is 10.3. The lowest BCUT2D eigenvalue weighted by molar-refractivity contribution is 0.197. The molecule has 2 aromatic carbocycles. The molecule has 140 valence electrons. The molecule has 6 nitrogen and oxygen atoms in total. The second-order valence-electron chi connectivity index (χ2n) is 5.95. The van der Waals surface area contributed by atoms with E-state index in [1.54, 1.807) is 14.2 Å². The molecule has 0 bridgehead atoms. The van der Waals surface area contributed by atoms with Gasteiger partial charge in [0.05, 0.1) is 12.8 Å². The third-order valence-corrected chi connectivity index (χ3v) is 3.97. The van der Waals surface area contributed by atoms with Crippen molar-refractivity contribution in [3.63, 3.8) is 0 Å². The van der Waals surface area contributed by atoms with E-state index in [1.807, 2.05) is 60.7 Å². The highest BCUT2D eigenvalue weighted by Gasteiger charge is 2.07. The maximum absolute atomic E-state index is 5.21. The summed E-state index contributed by atoms with van der Waals surface area (Å²) >= 11 is 0. The van der Waals surface area contributed by atoms with Crippen LogP contribution in [0.25, 0.3) is 11.3 Å². The molecule has 0 saturated heterocycles. The minimum absolute atomic E-state index is 0.587. The van der Waals surface area contributed by atoms with E-state index in [0.29, 0.717) is 12.6 Å². The molecular formula is C21H24N4O2. The van der Waals surface area contributed by atoms with Crippen LogP contribution in [0.4, 0.5) is 17.5 Å². The Kier molecular flexibility index (Phi) is 6.60. The van der Waals surface area contributed by atoms with Gasteiger partial charge in [-0.25, -0.2) is 4.98 Å². The van der Waals surface area contributed by atoms with Crippen molar-refractivity contribution < 1.29 is 9.47 Å². The van der Waals surface area contributed by atoms with E-state index in [2.05, 4.69) is 20.6 Å². The summed E-state index contributed by atoms with van der Waals surface area (Å²) in [4.78, 5) is 9.24. The second-order valence-corrected chi connectivity index (χ2v) is 5.95. The van der Waals surface area contributed by atoms with Gasteiger partial charge in [-0.1, -0.05) is 30.3 Å². The fourth-order valence-corrected chi connectivity index (χ4v) is 2.59. The zero-order valence-electron chi connectivity index (χ0n) is 15.6. The Morgan fingerprint density at radius 1 is 0.926 bits per heavy atom. The van der Waals surface area contributed by atoms with Crippen LogP contribution >= 0.6 is 0 Å². The molecule has 0 aliphatic carbocycles. The number of ether oxygens (including phenoxy) is 2. The number of anilines is 3. The van der Waals surface area contributed by atoms with Crippen LogP contribution in [-0.4, -0.2) is 37.3 Å². The van der Waals surface area contributed by atoms with Crippen LogP contribution in [-0.2, 0) is 4.74 Å². The van der Waals surface area contributed by atoms with Gasteiger partial charge in [0.1, 0.15) is 11.6 Å². The molecule has 0 amide bonds. The molecule has 6 heteroatoms. The minimum atomic E-state index is 0.587. The lowest BCUT2D eigenvalue weighted by Gasteiger charge is -2.12. The van der Waals surface area contributed by atoms with Crippen molar-refractivity contribution in [1.82, 2.24) is 9.97 Å². The summed E-state index contributed by atoms with van der Waals surface area (Å²) in [7, 11) is 3.35. The third-order valence-electron chi connectivity index (χ3n) is 3.97. The Hall–Kier alpha value is -3.12. The summed E-state index contributed by atoms with van der Waals surface area (Å²) in [5.41, 5.74) is 2.83. The molecule has 27 heavy (non-hydrogen) atoms. The van der Waals surface area contributed by atoms with Crippen LogP contribution in [0.1, 0.15) is 6.42 Å². The van der Waals surface area contributed by atoms with Crippen LogP contribution in [0.5, 0.6) is 5.75 Å². The van der Waals surface area contributed by atoms with Gasteiger partial charge in [-0.05, 0) is 30.7 Å². The zero-order chi connectivity index (χ0) is 18.9. The second kappa shape index (κ2) is 9.54. The Bertz CT molecular complexity index is 839. The number of nitrogens with zero attached hydrogens (tertiary/aromatic N) is 2. The fraction of sp³-hybridized carbons (Fsp3) is 0.238. The first-order valence-corrected chi connectivity index (χ1v) is 8.87. The van der Waals surface area contributed by atoms with Crippen LogP contribution in [0.2, 0.25) is 0 Å².